The van der Waals surface area contributed by atoms with Crippen LogP contribution in [0.15, 0.2) is 279 Å². The van der Waals surface area contributed by atoms with Crippen LogP contribution in [-0.4, -0.2) is 16.1 Å². The van der Waals surface area contributed by atoms with E-state index >= 15 is 0 Å². The highest BCUT2D eigenvalue weighted by atomic mass is 32.1. The highest BCUT2D eigenvalue weighted by Gasteiger charge is 2.63. The molecule has 0 bridgehead atoms. The first-order chi connectivity index (χ1) is 39.2. The Kier molecular flexibility index (Phi) is 11.3. The molecule has 80 heavy (non-hydrogen) atoms. The first kappa shape index (κ1) is 48.7. The van der Waals surface area contributed by atoms with Gasteiger partial charge in [-0.3, -0.25) is 0 Å². The van der Waals surface area contributed by atoms with Crippen molar-refractivity contribution in [1.29, 1.82) is 0 Å². The van der Waals surface area contributed by atoms with Gasteiger partial charge in [0.2, 0.25) is 0 Å². The van der Waals surface area contributed by atoms with E-state index in [2.05, 4.69) is 315 Å². The van der Waals surface area contributed by atoms with Gasteiger partial charge in [-0.25, -0.2) is 0 Å². The summed E-state index contributed by atoms with van der Waals surface area (Å²) in [6.45, 7) is 10.3. The van der Waals surface area contributed by atoms with E-state index in [4.69, 9.17) is 0 Å². The van der Waals surface area contributed by atoms with Gasteiger partial charge in [0.25, 0.3) is 0 Å². The Morgan fingerprint density at radius 2 is 0.512 bits per heavy atom. The Bertz CT molecular complexity index is 3870. The Labute approximate surface area is 480 Å². The summed E-state index contributed by atoms with van der Waals surface area (Å²) in [7, 11) is -4.56. The lowest BCUT2D eigenvalue weighted by molar-refractivity contribution is 0.646. The van der Waals surface area contributed by atoms with Crippen LogP contribution in [0.25, 0.3) is 22.3 Å². The molecule has 384 valence electrons. The van der Waals surface area contributed by atoms with Gasteiger partial charge in [0.15, 0.2) is 0 Å². The predicted molar refractivity (Wildman–Crippen MR) is 346 cm³/mol. The summed E-state index contributed by atoms with van der Waals surface area (Å²) in [6.07, 6.45) is 0. The van der Waals surface area contributed by atoms with E-state index in [-0.39, 0.29) is 0 Å². The minimum absolute atomic E-state index is 0.684. The van der Waals surface area contributed by atoms with Crippen LogP contribution in [0.4, 0.5) is 32.8 Å². The zero-order valence-corrected chi connectivity index (χ0v) is 48.9. The molecule has 0 saturated carbocycles. The summed E-state index contributed by atoms with van der Waals surface area (Å²) in [5, 5.41) is 8.39. The molecule has 0 saturated heterocycles. The van der Waals surface area contributed by atoms with Gasteiger partial charge in [0, 0.05) is 32.5 Å². The van der Waals surface area contributed by atoms with Gasteiger partial charge in [-0.2, -0.15) is 0 Å². The van der Waals surface area contributed by atoms with Gasteiger partial charge in [-0.05, 0) is 137 Å². The van der Waals surface area contributed by atoms with Gasteiger partial charge < -0.3 is 9.80 Å². The summed E-state index contributed by atoms with van der Waals surface area (Å²) in [5.41, 5.74) is 16.4. The van der Waals surface area contributed by atoms with Crippen LogP contribution in [0, 0.1) is 0 Å². The largest absolute Gasteiger partial charge is 0.302 e. The molecule has 0 fully saturated rings. The summed E-state index contributed by atoms with van der Waals surface area (Å²) >= 11 is 4.00. The Hall–Kier alpha value is -8.37. The standard InChI is InChI=1S/C74H58N2S2Si2/c1-79(2)65-37-21-17-33-59(65)73(60-34-18-22-38-66(60)79)63-49-69(75(55-29-13-7-14-30-55)57-45-41-53(42-46-57)51-25-9-5-10-26-51)78-72(63)74(61-35-19-23-39-67(61)80(3,4)68-40-24-20-36-62(68)74)64-50-70(77-71(64)73)76(56-31-15-8-16-32-56)58-47-43-54(44-48-58)52-27-11-6-12-28-52/h5-50H,1-4H3. The minimum Gasteiger partial charge on any atom is -0.302 e. The molecule has 2 aromatic heterocycles. The minimum atomic E-state index is -2.28. The Balaban J connectivity index is 1.09. The molecule has 1 aliphatic carbocycles. The summed E-state index contributed by atoms with van der Waals surface area (Å²) in [5.74, 6) is 0. The monoisotopic (exact) mass is 1090 g/mol. The van der Waals surface area contributed by atoms with E-state index in [1.807, 2.05) is 22.7 Å². The lowest BCUT2D eigenvalue weighted by Crippen LogP contribution is -2.66. The fourth-order valence-corrected chi connectivity index (χ4v) is 23.6. The third kappa shape index (κ3) is 7.05. The summed E-state index contributed by atoms with van der Waals surface area (Å²) in [6, 6.07) is 106. The number of thiophene rings is 2. The van der Waals surface area contributed by atoms with Crippen LogP contribution >= 0.6 is 22.7 Å². The van der Waals surface area contributed by atoms with Crippen LogP contribution < -0.4 is 30.5 Å². The van der Waals surface area contributed by atoms with Crippen LogP contribution in [0.3, 0.4) is 0 Å². The summed E-state index contributed by atoms with van der Waals surface area (Å²) in [4.78, 5) is 7.85. The van der Waals surface area contributed by atoms with Crippen molar-refractivity contribution >= 4 is 92.3 Å². The normalized spacial score (nSPS) is 15.2. The number of fused-ring (bicyclic) bond motifs is 14. The van der Waals surface area contributed by atoms with Crippen molar-refractivity contribution in [2.45, 2.75) is 37.0 Å². The average Bonchev–Trinajstić information content (AvgIpc) is 4.26. The second-order valence-electron chi connectivity index (χ2n) is 22.8. The van der Waals surface area contributed by atoms with Crippen LogP contribution in [-0.2, 0) is 10.8 Å². The molecule has 2 nitrogen and oxygen atoms in total. The van der Waals surface area contributed by atoms with Crippen molar-refractivity contribution in [2.75, 3.05) is 9.80 Å². The molecule has 3 aliphatic rings. The molecule has 12 aromatic rings. The van der Waals surface area contributed by atoms with Crippen LogP contribution in [0.2, 0.25) is 26.2 Å². The fraction of sp³-hybridized carbons (Fsp3) is 0.0811. The summed E-state index contributed by atoms with van der Waals surface area (Å²) < 4.78 is 0. The van der Waals surface area contributed by atoms with Gasteiger partial charge in [0.1, 0.15) is 26.1 Å². The molecule has 0 amide bonds. The maximum absolute atomic E-state index is 2.65. The Morgan fingerprint density at radius 1 is 0.263 bits per heavy atom. The SMILES string of the molecule is C[Si]1(C)c2ccccc2C2(c3ccccc31)c1cc(N(c3ccccc3)c3ccc(-c4ccccc4)cc3)sc1C1(c3ccccc3[Si](C)(C)c3ccccc31)c1cc(N(c3ccccc3)c3ccc(-c4ccccc4)cc3)sc12. The molecule has 10 aromatic carbocycles. The lowest BCUT2D eigenvalue weighted by Gasteiger charge is -2.54. The average molecular weight is 1100 g/mol. The van der Waals surface area contributed by atoms with Gasteiger partial charge >= 0.3 is 0 Å². The fourth-order valence-electron chi connectivity index (χ4n) is 14.2. The Morgan fingerprint density at radius 3 is 0.825 bits per heavy atom. The second-order valence-corrected chi connectivity index (χ2v) is 33.5. The van der Waals surface area contributed by atoms with E-state index in [0.717, 1.165) is 22.7 Å². The maximum atomic E-state index is 2.65. The third-order valence-corrected chi connectivity index (χ3v) is 27.5. The molecule has 2 spiro atoms. The third-order valence-electron chi connectivity index (χ3n) is 17.9. The maximum Gasteiger partial charge on any atom is 0.113 e. The zero-order valence-electron chi connectivity index (χ0n) is 45.3. The first-order valence-electron chi connectivity index (χ1n) is 27.9. The van der Waals surface area contributed by atoms with Crippen molar-refractivity contribution in [3.63, 3.8) is 0 Å². The molecule has 4 heterocycles. The molecule has 0 N–H and O–H groups in total. The second kappa shape index (κ2) is 18.6. The number of hydrogen-bond acceptors (Lipinski definition) is 4. The molecule has 0 atom stereocenters. The number of hydrogen-bond donors (Lipinski definition) is 0. The van der Waals surface area contributed by atoms with Crippen molar-refractivity contribution in [3.05, 3.63) is 322 Å². The topological polar surface area (TPSA) is 6.48 Å². The van der Waals surface area contributed by atoms with Crippen molar-refractivity contribution in [3.8, 4) is 22.3 Å². The van der Waals surface area contributed by atoms with E-state index in [0.29, 0.717) is 0 Å². The van der Waals surface area contributed by atoms with Crippen LogP contribution in [0.1, 0.15) is 43.1 Å². The van der Waals surface area contributed by atoms with Crippen molar-refractivity contribution < 1.29 is 0 Å². The number of nitrogens with zero attached hydrogens (tertiary/aromatic N) is 2. The van der Waals surface area contributed by atoms with Crippen LogP contribution in [0.5, 0.6) is 0 Å². The molecule has 0 unspecified atom stereocenters. The number of anilines is 6. The van der Waals surface area contributed by atoms with Gasteiger partial charge in [-0.15, -0.1) is 22.7 Å². The molecule has 6 heteroatoms. The van der Waals surface area contributed by atoms with Gasteiger partial charge in [-0.1, -0.05) is 245 Å². The molecule has 15 rings (SSSR count). The van der Waals surface area contributed by atoms with E-state index < -0.39 is 27.0 Å². The predicted octanol–water partition coefficient (Wildman–Crippen LogP) is 17.4. The number of rotatable bonds is 8. The molecule has 0 radical (unpaired) electrons. The van der Waals surface area contributed by atoms with Gasteiger partial charge in [0.05, 0.1) is 10.8 Å². The number of benzene rings is 10. The zero-order chi connectivity index (χ0) is 53.8. The highest BCUT2D eigenvalue weighted by molar-refractivity contribution is 7.18. The lowest BCUT2D eigenvalue weighted by atomic mass is 9.55. The quantitative estimate of drug-likeness (QED) is 0.140. The molecule has 2 aliphatic heterocycles. The molecular formula is C74H58N2S2Si2. The van der Waals surface area contributed by atoms with Crippen molar-refractivity contribution in [1.82, 2.24) is 0 Å². The van der Waals surface area contributed by atoms with E-state index in [9.17, 15) is 0 Å². The molecular weight excluding hydrogens is 1040 g/mol. The van der Waals surface area contributed by atoms with E-state index in [1.165, 1.54) is 96.1 Å². The van der Waals surface area contributed by atoms with E-state index in [1.54, 1.807) is 0 Å². The first-order valence-corrected chi connectivity index (χ1v) is 35.5. The highest BCUT2D eigenvalue weighted by Crippen LogP contribution is 2.67. The van der Waals surface area contributed by atoms with Crippen molar-refractivity contribution in [2.24, 2.45) is 0 Å². The number of para-hydroxylation sites is 2. The smallest absolute Gasteiger partial charge is 0.113 e.